The molecule has 9 heteroatoms. The number of aliphatic imine (C=N–C) groups is 1. The third-order valence-electron chi connectivity index (χ3n) is 6.66. The van der Waals surface area contributed by atoms with Crippen LogP contribution >= 0.6 is 0 Å². The fraction of sp³-hybridized carbons (Fsp3) is 0.464. The lowest BCUT2D eigenvalue weighted by atomic mass is 9.89. The van der Waals surface area contributed by atoms with Crippen molar-refractivity contribution in [3.05, 3.63) is 59.2 Å². The summed E-state index contributed by atoms with van der Waals surface area (Å²) < 4.78 is 11.8. The quantitative estimate of drug-likeness (QED) is 0.583. The molecule has 0 spiro atoms. The summed E-state index contributed by atoms with van der Waals surface area (Å²) in [6.45, 7) is 9.80. The molecule has 2 amide bonds. The number of nitrogens with one attached hydrogen (secondary N) is 1. The normalized spacial score (nSPS) is 25.7. The highest BCUT2D eigenvalue weighted by Crippen LogP contribution is 2.40. The van der Waals surface area contributed by atoms with Crippen molar-refractivity contribution < 1.29 is 24.2 Å². The molecular formula is C28H36N4O5. The van der Waals surface area contributed by atoms with Crippen LogP contribution in [0.3, 0.4) is 0 Å². The van der Waals surface area contributed by atoms with Crippen LogP contribution in [0.2, 0.25) is 0 Å². The lowest BCUT2D eigenvalue weighted by Gasteiger charge is -2.40. The number of carbonyl (C=O) groups excluding carboxylic acids is 2. The first-order valence-electron chi connectivity index (χ1n) is 12.8. The average molecular weight is 509 g/mol. The maximum atomic E-state index is 13.4. The molecule has 0 saturated carbocycles. The standard InChI is InChI=1S/C26H30N4O5.C2H6/c1-14-10-22(32)30(25(27)28-14)23-17-11-15(8-9-20(17)34-13-19(23)31)24(33)29-18-12-26(2,3)35-21-7-5-4-6-16(18)21;1-2/h4-9,11,14,18-19,23,31H,10,12-13H2,1-3H3,(H2,27,28)(H,29,33);1-2H3. The number of hydrogen-bond acceptors (Lipinski definition) is 7. The average Bonchev–Trinajstić information content (AvgIpc) is 2.85. The summed E-state index contributed by atoms with van der Waals surface area (Å²) >= 11 is 0. The zero-order valence-corrected chi connectivity index (χ0v) is 22.0. The molecule has 37 heavy (non-hydrogen) atoms. The van der Waals surface area contributed by atoms with Gasteiger partial charge in [0, 0.05) is 29.5 Å². The molecule has 2 aromatic rings. The minimum atomic E-state index is -1.02. The minimum Gasteiger partial charge on any atom is -0.490 e. The smallest absolute Gasteiger partial charge is 0.251 e. The van der Waals surface area contributed by atoms with E-state index in [4.69, 9.17) is 15.2 Å². The van der Waals surface area contributed by atoms with Crippen molar-refractivity contribution in [1.82, 2.24) is 10.2 Å². The van der Waals surface area contributed by atoms with Gasteiger partial charge in [0.2, 0.25) is 5.91 Å². The van der Waals surface area contributed by atoms with E-state index >= 15 is 0 Å². The van der Waals surface area contributed by atoms with Gasteiger partial charge in [-0.05, 0) is 45.0 Å². The fourth-order valence-electron chi connectivity index (χ4n) is 5.12. The molecule has 3 heterocycles. The summed E-state index contributed by atoms with van der Waals surface area (Å²) in [4.78, 5) is 31.9. The first-order chi connectivity index (χ1) is 17.6. The molecule has 4 unspecified atom stereocenters. The van der Waals surface area contributed by atoms with Crippen LogP contribution in [-0.4, -0.2) is 52.1 Å². The number of nitrogens with two attached hydrogens (primary N) is 1. The van der Waals surface area contributed by atoms with Crippen LogP contribution in [0.1, 0.15) is 81.0 Å². The molecular weight excluding hydrogens is 472 g/mol. The first kappa shape index (κ1) is 26.5. The first-order valence-corrected chi connectivity index (χ1v) is 12.8. The van der Waals surface area contributed by atoms with Crippen LogP contribution in [-0.2, 0) is 4.79 Å². The zero-order valence-electron chi connectivity index (χ0n) is 22.0. The number of aliphatic hydroxyl groups is 1. The SMILES string of the molecule is CC.CC1CC(=O)N(C2c3cc(C(=O)NC4CC(C)(C)Oc5ccccc54)ccc3OCC2O)C(N)=N1. The van der Waals surface area contributed by atoms with Crippen molar-refractivity contribution in [2.24, 2.45) is 10.7 Å². The molecule has 0 fully saturated rings. The summed E-state index contributed by atoms with van der Waals surface area (Å²) in [7, 11) is 0. The number of rotatable bonds is 3. The van der Waals surface area contributed by atoms with Gasteiger partial charge in [0.05, 0.1) is 18.1 Å². The largest absolute Gasteiger partial charge is 0.490 e. The monoisotopic (exact) mass is 508 g/mol. The molecule has 4 N–H and O–H groups in total. The van der Waals surface area contributed by atoms with Gasteiger partial charge in [-0.15, -0.1) is 0 Å². The van der Waals surface area contributed by atoms with Crippen LogP contribution in [0.15, 0.2) is 47.5 Å². The van der Waals surface area contributed by atoms with Crippen molar-refractivity contribution in [2.45, 2.75) is 77.3 Å². The lowest BCUT2D eigenvalue weighted by molar-refractivity contribution is -0.133. The number of guanidine groups is 1. The van der Waals surface area contributed by atoms with E-state index in [1.54, 1.807) is 18.2 Å². The Bertz CT molecular complexity index is 1210. The molecule has 198 valence electrons. The number of benzene rings is 2. The third-order valence-corrected chi connectivity index (χ3v) is 6.66. The lowest BCUT2D eigenvalue weighted by Crippen LogP contribution is -2.53. The summed E-state index contributed by atoms with van der Waals surface area (Å²) in [6, 6.07) is 11.5. The molecule has 0 saturated heterocycles. The van der Waals surface area contributed by atoms with Gasteiger partial charge in [-0.3, -0.25) is 14.5 Å². The number of para-hydroxylation sites is 1. The Morgan fingerprint density at radius 2 is 1.89 bits per heavy atom. The fourth-order valence-corrected chi connectivity index (χ4v) is 5.12. The van der Waals surface area contributed by atoms with Gasteiger partial charge >= 0.3 is 0 Å². The van der Waals surface area contributed by atoms with Gasteiger partial charge in [-0.1, -0.05) is 32.0 Å². The van der Waals surface area contributed by atoms with E-state index in [9.17, 15) is 14.7 Å². The van der Waals surface area contributed by atoms with Crippen LogP contribution < -0.4 is 20.5 Å². The van der Waals surface area contributed by atoms with Gasteiger partial charge in [0.25, 0.3) is 5.91 Å². The number of aliphatic hydroxyl groups excluding tert-OH is 1. The predicted molar refractivity (Wildman–Crippen MR) is 141 cm³/mol. The molecule has 2 aromatic carbocycles. The van der Waals surface area contributed by atoms with Gasteiger partial charge < -0.3 is 25.6 Å². The van der Waals surface area contributed by atoms with E-state index in [2.05, 4.69) is 10.3 Å². The maximum absolute atomic E-state index is 13.4. The minimum absolute atomic E-state index is 0.00373. The zero-order chi connectivity index (χ0) is 26.9. The van der Waals surface area contributed by atoms with Crippen molar-refractivity contribution in [2.75, 3.05) is 6.61 Å². The van der Waals surface area contributed by atoms with Crippen LogP contribution in [0.25, 0.3) is 0 Å². The Morgan fingerprint density at radius 1 is 1.16 bits per heavy atom. The van der Waals surface area contributed by atoms with Crippen LogP contribution in [0.4, 0.5) is 0 Å². The van der Waals surface area contributed by atoms with Crippen molar-refractivity contribution >= 4 is 17.8 Å². The number of hydrogen-bond donors (Lipinski definition) is 3. The van der Waals surface area contributed by atoms with E-state index < -0.39 is 17.7 Å². The molecule has 0 bridgehead atoms. The number of ether oxygens (including phenoxy) is 2. The third kappa shape index (κ3) is 5.27. The topological polar surface area (TPSA) is 126 Å². The van der Waals surface area contributed by atoms with E-state index in [-0.39, 0.29) is 42.9 Å². The number of fused-ring (bicyclic) bond motifs is 2. The Hall–Kier alpha value is -3.59. The number of amides is 2. The van der Waals surface area contributed by atoms with Crippen molar-refractivity contribution in [3.8, 4) is 11.5 Å². The Morgan fingerprint density at radius 3 is 2.62 bits per heavy atom. The molecule has 0 radical (unpaired) electrons. The van der Waals surface area contributed by atoms with Crippen molar-refractivity contribution in [1.29, 1.82) is 0 Å². The van der Waals surface area contributed by atoms with Gasteiger partial charge in [0.15, 0.2) is 5.96 Å². The number of carbonyl (C=O) groups is 2. The van der Waals surface area contributed by atoms with E-state index in [0.29, 0.717) is 23.3 Å². The molecule has 5 rings (SSSR count). The highest BCUT2D eigenvalue weighted by Gasteiger charge is 2.41. The summed E-state index contributed by atoms with van der Waals surface area (Å²) in [5, 5.41) is 13.9. The Balaban J connectivity index is 0.00000156. The maximum Gasteiger partial charge on any atom is 0.251 e. The van der Waals surface area contributed by atoms with Crippen LogP contribution in [0, 0.1) is 0 Å². The van der Waals surface area contributed by atoms with E-state index in [1.165, 1.54) is 4.90 Å². The van der Waals surface area contributed by atoms with Crippen LogP contribution in [0.5, 0.6) is 11.5 Å². The predicted octanol–water partition coefficient (Wildman–Crippen LogP) is 3.47. The molecule has 0 aliphatic carbocycles. The summed E-state index contributed by atoms with van der Waals surface area (Å²) in [5.41, 5.74) is 7.51. The second-order valence-corrected chi connectivity index (χ2v) is 10.0. The van der Waals surface area contributed by atoms with Crippen molar-refractivity contribution in [3.63, 3.8) is 0 Å². The van der Waals surface area contributed by atoms with Gasteiger partial charge in [-0.2, -0.15) is 0 Å². The Labute approximate surface area is 217 Å². The van der Waals surface area contributed by atoms with Gasteiger partial charge in [0.1, 0.15) is 29.8 Å². The second-order valence-electron chi connectivity index (χ2n) is 10.0. The molecule has 3 aliphatic rings. The summed E-state index contributed by atoms with van der Waals surface area (Å²) in [5.74, 6) is 0.806. The Kier molecular flexibility index (Phi) is 7.45. The molecule has 0 aromatic heterocycles. The highest BCUT2D eigenvalue weighted by atomic mass is 16.5. The van der Waals surface area contributed by atoms with E-state index in [1.807, 2.05) is 58.9 Å². The number of nitrogens with zero attached hydrogens (tertiary/aromatic N) is 2. The molecule has 3 aliphatic heterocycles. The van der Waals surface area contributed by atoms with E-state index in [0.717, 1.165) is 11.3 Å². The van der Waals surface area contributed by atoms with Gasteiger partial charge in [-0.25, -0.2) is 4.99 Å². The summed E-state index contributed by atoms with van der Waals surface area (Å²) in [6.07, 6.45) is -0.215. The molecule has 4 atom stereocenters. The molecule has 9 nitrogen and oxygen atoms in total. The highest BCUT2D eigenvalue weighted by molar-refractivity contribution is 5.99. The second kappa shape index (κ2) is 10.4.